The van der Waals surface area contributed by atoms with E-state index in [1.54, 1.807) is 17.0 Å². The van der Waals surface area contributed by atoms with Gasteiger partial charge in [0.2, 0.25) is 5.91 Å². The summed E-state index contributed by atoms with van der Waals surface area (Å²) in [5.74, 6) is 0.984. The van der Waals surface area contributed by atoms with Crippen LogP contribution in [0.15, 0.2) is 48.5 Å². The summed E-state index contributed by atoms with van der Waals surface area (Å²) < 4.78 is 5.54. The van der Waals surface area contributed by atoms with Crippen LogP contribution in [-0.4, -0.2) is 31.5 Å². The molecule has 0 aliphatic carbocycles. The molecule has 0 bridgehead atoms. The molecule has 2 aromatic carbocycles. The predicted molar refractivity (Wildman–Crippen MR) is 121 cm³/mol. The molecule has 7 heteroatoms. The number of halogens is 1. The molecule has 1 fully saturated rings. The first-order valence-electron chi connectivity index (χ1n) is 10.1. The van der Waals surface area contributed by atoms with E-state index in [9.17, 15) is 9.59 Å². The van der Waals surface area contributed by atoms with Gasteiger partial charge < -0.3 is 20.7 Å². The SMILES string of the molecule is CC(C)c1ccc(C(N)CNC(=O)COc2ccc(N3CCCC3=O)cc2)cc1.Cl. The molecule has 3 N–H and O–H groups in total. The molecule has 2 amide bonds. The summed E-state index contributed by atoms with van der Waals surface area (Å²) in [5, 5.41) is 2.81. The van der Waals surface area contributed by atoms with E-state index in [2.05, 4.69) is 31.3 Å². The Morgan fingerprint density at radius 2 is 1.73 bits per heavy atom. The Morgan fingerprint density at radius 3 is 2.30 bits per heavy atom. The van der Waals surface area contributed by atoms with Gasteiger partial charge in [0, 0.05) is 31.2 Å². The second kappa shape index (κ2) is 11.0. The molecule has 1 saturated heterocycles. The van der Waals surface area contributed by atoms with Gasteiger partial charge in [0.25, 0.3) is 5.91 Å². The van der Waals surface area contributed by atoms with Crippen LogP contribution in [0.25, 0.3) is 0 Å². The Kier molecular flexibility index (Phi) is 8.69. The van der Waals surface area contributed by atoms with Gasteiger partial charge in [0.15, 0.2) is 6.61 Å². The van der Waals surface area contributed by atoms with Gasteiger partial charge in [-0.1, -0.05) is 38.1 Å². The van der Waals surface area contributed by atoms with E-state index in [4.69, 9.17) is 10.5 Å². The number of nitrogens with one attached hydrogen (secondary N) is 1. The highest BCUT2D eigenvalue weighted by molar-refractivity contribution is 5.95. The van der Waals surface area contributed by atoms with Gasteiger partial charge in [-0.05, 0) is 47.7 Å². The molecule has 1 aliphatic rings. The highest BCUT2D eigenvalue weighted by Crippen LogP contribution is 2.24. The molecule has 2 aromatic rings. The van der Waals surface area contributed by atoms with E-state index in [0.717, 1.165) is 24.2 Å². The number of anilines is 1. The highest BCUT2D eigenvalue weighted by Gasteiger charge is 2.21. The van der Waals surface area contributed by atoms with E-state index in [0.29, 0.717) is 24.6 Å². The average Bonchev–Trinajstić information content (AvgIpc) is 3.16. The fourth-order valence-corrected chi connectivity index (χ4v) is 3.31. The normalized spacial score (nSPS) is 14.4. The van der Waals surface area contributed by atoms with Crippen LogP contribution in [0.1, 0.15) is 49.8 Å². The number of hydrogen-bond acceptors (Lipinski definition) is 4. The highest BCUT2D eigenvalue weighted by atomic mass is 35.5. The molecule has 162 valence electrons. The molecule has 1 heterocycles. The van der Waals surface area contributed by atoms with Crippen molar-refractivity contribution >= 4 is 29.9 Å². The number of nitrogens with zero attached hydrogens (tertiary/aromatic N) is 1. The number of carbonyl (C=O) groups excluding carboxylic acids is 2. The molecule has 1 aliphatic heterocycles. The van der Waals surface area contributed by atoms with Crippen molar-refractivity contribution in [3.8, 4) is 5.75 Å². The molecule has 1 atom stereocenters. The molecule has 6 nitrogen and oxygen atoms in total. The molecule has 0 spiro atoms. The van der Waals surface area contributed by atoms with E-state index in [-0.39, 0.29) is 36.9 Å². The Morgan fingerprint density at radius 1 is 1.10 bits per heavy atom. The maximum atomic E-state index is 12.1. The summed E-state index contributed by atoms with van der Waals surface area (Å²) in [5.41, 5.74) is 9.29. The largest absolute Gasteiger partial charge is 0.484 e. The monoisotopic (exact) mass is 431 g/mol. The fourth-order valence-electron chi connectivity index (χ4n) is 3.31. The van der Waals surface area contributed by atoms with Crippen LogP contribution in [0.5, 0.6) is 5.75 Å². The molecular weight excluding hydrogens is 402 g/mol. The molecule has 30 heavy (non-hydrogen) atoms. The van der Waals surface area contributed by atoms with Crippen LogP contribution in [0.4, 0.5) is 5.69 Å². The second-order valence-corrected chi connectivity index (χ2v) is 7.66. The van der Waals surface area contributed by atoms with Crippen molar-refractivity contribution in [3.63, 3.8) is 0 Å². The van der Waals surface area contributed by atoms with Crippen LogP contribution < -0.4 is 20.7 Å². The first-order chi connectivity index (χ1) is 13.9. The Labute approximate surface area is 184 Å². The lowest BCUT2D eigenvalue weighted by molar-refractivity contribution is -0.123. The lowest BCUT2D eigenvalue weighted by atomic mass is 9.99. The number of benzene rings is 2. The van der Waals surface area contributed by atoms with Gasteiger partial charge in [-0.2, -0.15) is 0 Å². The number of carbonyl (C=O) groups is 2. The third kappa shape index (κ3) is 6.21. The Hall–Kier alpha value is -2.57. The number of nitrogens with two attached hydrogens (primary N) is 1. The van der Waals surface area contributed by atoms with Gasteiger partial charge in [-0.3, -0.25) is 9.59 Å². The van der Waals surface area contributed by atoms with Crippen molar-refractivity contribution in [1.82, 2.24) is 5.32 Å². The van der Waals surface area contributed by atoms with Crippen molar-refractivity contribution in [2.75, 3.05) is 24.6 Å². The molecule has 0 radical (unpaired) electrons. The lowest BCUT2D eigenvalue weighted by Crippen LogP contribution is -2.35. The first kappa shape index (κ1) is 23.7. The Balaban J connectivity index is 0.00000320. The quantitative estimate of drug-likeness (QED) is 0.669. The summed E-state index contributed by atoms with van der Waals surface area (Å²) >= 11 is 0. The molecule has 1 unspecified atom stereocenters. The maximum absolute atomic E-state index is 12.1. The standard InChI is InChI=1S/C23H29N3O3.ClH/c1-16(2)17-5-7-18(8-6-17)21(24)14-25-22(27)15-29-20-11-9-19(10-12-20)26-13-3-4-23(26)28;/h5-12,16,21H,3-4,13-15,24H2,1-2H3,(H,25,27);1H. The van der Waals surface area contributed by atoms with Gasteiger partial charge >= 0.3 is 0 Å². The van der Waals surface area contributed by atoms with Crippen molar-refractivity contribution in [3.05, 3.63) is 59.7 Å². The van der Waals surface area contributed by atoms with Crippen molar-refractivity contribution in [2.45, 2.75) is 38.6 Å². The molecule has 0 saturated carbocycles. The predicted octanol–water partition coefficient (Wildman–Crippen LogP) is 3.55. The van der Waals surface area contributed by atoms with Crippen molar-refractivity contribution in [2.24, 2.45) is 5.73 Å². The zero-order valence-electron chi connectivity index (χ0n) is 17.5. The van der Waals surface area contributed by atoms with Gasteiger partial charge in [0.05, 0.1) is 0 Å². The van der Waals surface area contributed by atoms with Crippen molar-refractivity contribution < 1.29 is 14.3 Å². The summed E-state index contributed by atoms with van der Waals surface area (Å²) in [6.07, 6.45) is 1.49. The number of amides is 2. The van der Waals surface area contributed by atoms with Crippen LogP contribution >= 0.6 is 12.4 Å². The number of rotatable bonds is 8. The fraction of sp³-hybridized carbons (Fsp3) is 0.391. The third-order valence-electron chi connectivity index (χ3n) is 5.14. The zero-order valence-corrected chi connectivity index (χ0v) is 18.3. The van der Waals surface area contributed by atoms with Crippen LogP contribution in [-0.2, 0) is 9.59 Å². The van der Waals surface area contributed by atoms with Crippen LogP contribution in [0.2, 0.25) is 0 Å². The van der Waals surface area contributed by atoms with E-state index in [1.807, 2.05) is 24.3 Å². The Bertz CT molecular complexity index is 838. The summed E-state index contributed by atoms with van der Waals surface area (Å²) in [4.78, 5) is 25.6. The second-order valence-electron chi connectivity index (χ2n) is 7.66. The van der Waals surface area contributed by atoms with Gasteiger partial charge in [0.1, 0.15) is 5.75 Å². The molecule has 3 rings (SSSR count). The van der Waals surface area contributed by atoms with Crippen LogP contribution in [0, 0.1) is 0 Å². The smallest absolute Gasteiger partial charge is 0.258 e. The maximum Gasteiger partial charge on any atom is 0.258 e. The van der Waals surface area contributed by atoms with Gasteiger partial charge in [-0.15, -0.1) is 12.4 Å². The van der Waals surface area contributed by atoms with Gasteiger partial charge in [-0.25, -0.2) is 0 Å². The zero-order chi connectivity index (χ0) is 20.8. The molecule has 0 aromatic heterocycles. The summed E-state index contributed by atoms with van der Waals surface area (Å²) in [6.45, 7) is 5.31. The topological polar surface area (TPSA) is 84.7 Å². The third-order valence-corrected chi connectivity index (χ3v) is 5.14. The van der Waals surface area contributed by atoms with E-state index < -0.39 is 0 Å². The van der Waals surface area contributed by atoms with E-state index >= 15 is 0 Å². The number of hydrogen-bond donors (Lipinski definition) is 2. The van der Waals surface area contributed by atoms with E-state index in [1.165, 1.54) is 5.56 Å². The summed E-state index contributed by atoms with van der Waals surface area (Å²) in [6, 6.07) is 15.1. The minimum absolute atomic E-state index is 0. The minimum atomic E-state index is -0.266. The molecular formula is C23H30ClN3O3. The lowest BCUT2D eigenvalue weighted by Gasteiger charge is -2.16. The van der Waals surface area contributed by atoms with Crippen molar-refractivity contribution in [1.29, 1.82) is 0 Å². The first-order valence-corrected chi connectivity index (χ1v) is 10.1. The minimum Gasteiger partial charge on any atom is -0.484 e. The summed E-state index contributed by atoms with van der Waals surface area (Å²) in [7, 11) is 0. The number of ether oxygens (including phenoxy) is 1. The average molecular weight is 432 g/mol. The van der Waals surface area contributed by atoms with Crippen LogP contribution in [0.3, 0.4) is 0 Å².